The van der Waals surface area contributed by atoms with E-state index in [0.29, 0.717) is 12.3 Å². The van der Waals surface area contributed by atoms with E-state index in [1.54, 1.807) is 0 Å². The summed E-state index contributed by atoms with van der Waals surface area (Å²) < 4.78 is 36.5. The first-order valence-corrected chi connectivity index (χ1v) is 5.49. The smallest absolute Gasteiger partial charge is 0.379 e. The van der Waals surface area contributed by atoms with E-state index in [2.05, 4.69) is 5.73 Å². The van der Waals surface area contributed by atoms with Crippen molar-refractivity contribution in [1.29, 1.82) is 0 Å². The Morgan fingerprint density at radius 3 is 2.20 bits per heavy atom. The molecule has 0 bridgehead atoms. The van der Waals surface area contributed by atoms with E-state index in [4.69, 9.17) is 5.11 Å². The van der Waals surface area contributed by atoms with Crippen LogP contribution in [0.2, 0.25) is 0 Å². The summed E-state index contributed by atoms with van der Waals surface area (Å²) in [7, 11) is 0. The fourth-order valence-electron chi connectivity index (χ4n) is 2.25. The monoisotopic (exact) mass is 226 g/mol. The highest BCUT2D eigenvalue weighted by Gasteiger charge is 2.44. The van der Waals surface area contributed by atoms with Crippen LogP contribution in [-0.4, -0.2) is 23.4 Å². The molecular formula is C10H19F3NO+. The maximum Gasteiger partial charge on any atom is 0.420 e. The number of rotatable bonds is 3. The van der Waals surface area contributed by atoms with E-state index in [1.165, 1.54) is 6.42 Å². The van der Waals surface area contributed by atoms with Crippen molar-refractivity contribution in [2.45, 2.75) is 56.8 Å². The van der Waals surface area contributed by atoms with E-state index in [-0.39, 0.29) is 0 Å². The molecule has 90 valence electrons. The third-order valence-electron chi connectivity index (χ3n) is 3.14. The van der Waals surface area contributed by atoms with Gasteiger partial charge in [0.1, 0.15) is 6.04 Å². The van der Waals surface area contributed by atoms with Gasteiger partial charge in [0.25, 0.3) is 0 Å². The summed E-state index contributed by atoms with van der Waals surface area (Å²) in [6.07, 6.45) is -1.06. The average molecular weight is 226 g/mol. The molecule has 2 nitrogen and oxygen atoms in total. The highest BCUT2D eigenvalue weighted by molar-refractivity contribution is 4.77. The first-order chi connectivity index (χ1) is 6.91. The Labute approximate surface area is 87.6 Å². The Hall–Kier alpha value is -0.290. The van der Waals surface area contributed by atoms with Gasteiger partial charge in [-0.1, -0.05) is 32.1 Å². The molecule has 0 aromatic rings. The molecule has 1 fully saturated rings. The molecular weight excluding hydrogens is 207 g/mol. The Kier molecular flexibility index (Phi) is 4.40. The minimum absolute atomic E-state index is 0.318. The van der Waals surface area contributed by atoms with Crippen molar-refractivity contribution in [1.82, 2.24) is 0 Å². The van der Waals surface area contributed by atoms with Crippen LogP contribution in [0, 0.1) is 5.92 Å². The van der Waals surface area contributed by atoms with Gasteiger partial charge in [0, 0.05) is 6.42 Å². The molecule has 1 rings (SSSR count). The van der Waals surface area contributed by atoms with E-state index >= 15 is 0 Å². The molecule has 0 heterocycles. The molecule has 0 aromatic heterocycles. The number of quaternary nitrogens is 1. The predicted octanol–water partition coefficient (Wildman–Crippen LogP) is 1.49. The summed E-state index contributed by atoms with van der Waals surface area (Å²) in [6.45, 7) is 0. The summed E-state index contributed by atoms with van der Waals surface area (Å²) in [5.74, 6) is 0.318. The lowest BCUT2D eigenvalue weighted by Crippen LogP contribution is -2.69. The molecule has 1 saturated carbocycles. The summed E-state index contributed by atoms with van der Waals surface area (Å²) in [6, 6.07) is -0.923. The Morgan fingerprint density at radius 2 is 1.73 bits per heavy atom. The van der Waals surface area contributed by atoms with Gasteiger partial charge in [-0.2, -0.15) is 13.2 Å². The lowest BCUT2D eigenvalue weighted by Gasteiger charge is -2.25. The summed E-state index contributed by atoms with van der Waals surface area (Å²) in [5.41, 5.74) is 3.43. The SMILES string of the molecule is [NH3+][C@@H](CC1CCCCC1)[C@@H](O)C(F)(F)F. The lowest BCUT2D eigenvalue weighted by atomic mass is 9.84. The van der Waals surface area contributed by atoms with Gasteiger partial charge >= 0.3 is 6.18 Å². The minimum Gasteiger partial charge on any atom is -0.379 e. The molecule has 15 heavy (non-hydrogen) atoms. The molecule has 5 heteroatoms. The molecule has 0 amide bonds. The Morgan fingerprint density at radius 1 is 1.20 bits per heavy atom. The van der Waals surface area contributed by atoms with E-state index in [9.17, 15) is 13.2 Å². The molecule has 1 aliphatic carbocycles. The van der Waals surface area contributed by atoms with Crippen LogP contribution < -0.4 is 5.73 Å². The second kappa shape index (κ2) is 5.16. The Bertz CT molecular complexity index is 190. The van der Waals surface area contributed by atoms with Crippen molar-refractivity contribution in [2.24, 2.45) is 5.92 Å². The number of aliphatic hydroxyl groups excluding tert-OH is 1. The van der Waals surface area contributed by atoms with Gasteiger partial charge in [0.2, 0.25) is 6.10 Å². The van der Waals surface area contributed by atoms with Gasteiger partial charge < -0.3 is 10.8 Å². The first kappa shape index (κ1) is 12.8. The molecule has 4 N–H and O–H groups in total. The molecule has 0 unspecified atom stereocenters. The van der Waals surface area contributed by atoms with Crippen molar-refractivity contribution in [3.63, 3.8) is 0 Å². The van der Waals surface area contributed by atoms with Gasteiger partial charge in [0.05, 0.1) is 0 Å². The molecule has 2 atom stereocenters. The zero-order valence-electron chi connectivity index (χ0n) is 8.76. The normalized spacial score (nSPS) is 23.8. The van der Waals surface area contributed by atoms with Crippen molar-refractivity contribution < 1.29 is 24.0 Å². The average Bonchev–Trinajstić information content (AvgIpc) is 2.16. The van der Waals surface area contributed by atoms with E-state index in [0.717, 1.165) is 25.7 Å². The molecule has 0 radical (unpaired) electrons. The van der Waals surface area contributed by atoms with Gasteiger partial charge in [-0.25, -0.2) is 0 Å². The van der Waals surface area contributed by atoms with Crippen LogP contribution in [0.5, 0.6) is 0 Å². The molecule has 0 saturated heterocycles. The van der Waals surface area contributed by atoms with Crippen molar-refractivity contribution >= 4 is 0 Å². The minimum atomic E-state index is -4.53. The van der Waals surface area contributed by atoms with Gasteiger partial charge in [-0.05, 0) is 5.92 Å². The third-order valence-corrected chi connectivity index (χ3v) is 3.14. The predicted molar refractivity (Wildman–Crippen MR) is 49.9 cm³/mol. The van der Waals surface area contributed by atoms with E-state index < -0.39 is 18.3 Å². The van der Waals surface area contributed by atoms with Crippen LogP contribution >= 0.6 is 0 Å². The van der Waals surface area contributed by atoms with Crippen LogP contribution in [0.15, 0.2) is 0 Å². The van der Waals surface area contributed by atoms with Crippen LogP contribution in [0.3, 0.4) is 0 Å². The first-order valence-electron chi connectivity index (χ1n) is 5.49. The third kappa shape index (κ3) is 3.99. The molecule has 1 aliphatic rings. The number of halogens is 3. The zero-order chi connectivity index (χ0) is 11.5. The maximum atomic E-state index is 12.2. The summed E-state index contributed by atoms with van der Waals surface area (Å²) >= 11 is 0. The van der Waals surface area contributed by atoms with Crippen LogP contribution in [0.25, 0.3) is 0 Å². The molecule has 0 aliphatic heterocycles. The number of hydrogen-bond acceptors (Lipinski definition) is 1. The topological polar surface area (TPSA) is 47.9 Å². The van der Waals surface area contributed by atoms with Gasteiger partial charge in [-0.15, -0.1) is 0 Å². The van der Waals surface area contributed by atoms with Crippen molar-refractivity contribution in [2.75, 3.05) is 0 Å². The quantitative estimate of drug-likeness (QED) is 0.752. The summed E-state index contributed by atoms with van der Waals surface area (Å²) in [4.78, 5) is 0. The maximum absolute atomic E-state index is 12.2. The van der Waals surface area contributed by atoms with Gasteiger partial charge in [0.15, 0.2) is 0 Å². The largest absolute Gasteiger partial charge is 0.420 e. The number of aliphatic hydroxyl groups is 1. The second-order valence-electron chi connectivity index (χ2n) is 4.49. The van der Waals surface area contributed by atoms with Crippen molar-refractivity contribution in [3.05, 3.63) is 0 Å². The standard InChI is InChI=1S/C10H18F3NO/c11-10(12,13)9(15)8(14)6-7-4-2-1-3-5-7/h7-9,15H,1-6,14H2/p+1/t8-,9+/m0/s1. The number of hydrogen-bond donors (Lipinski definition) is 2. The van der Waals surface area contributed by atoms with Crippen LogP contribution in [-0.2, 0) is 0 Å². The lowest BCUT2D eigenvalue weighted by molar-refractivity contribution is -0.459. The van der Waals surface area contributed by atoms with Crippen molar-refractivity contribution in [3.8, 4) is 0 Å². The van der Waals surface area contributed by atoms with Gasteiger partial charge in [-0.3, -0.25) is 0 Å². The highest BCUT2D eigenvalue weighted by Crippen LogP contribution is 2.29. The summed E-state index contributed by atoms with van der Waals surface area (Å²) in [5, 5.41) is 9.00. The van der Waals surface area contributed by atoms with Crippen LogP contribution in [0.1, 0.15) is 38.5 Å². The molecule has 0 spiro atoms. The second-order valence-corrected chi connectivity index (χ2v) is 4.49. The van der Waals surface area contributed by atoms with Crippen LogP contribution in [0.4, 0.5) is 13.2 Å². The fourth-order valence-corrected chi connectivity index (χ4v) is 2.25. The Balaban J connectivity index is 2.36. The fraction of sp³-hybridized carbons (Fsp3) is 1.00. The number of alkyl halides is 3. The zero-order valence-corrected chi connectivity index (χ0v) is 8.76. The highest BCUT2D eigenvalue weighted by atomic mass is 19.4. The van der Waals surface area contributed by atoms with E-state index in [1.807, 2.05) is 0 Å². The molecule has 0 aromatic carbocycles.